The Labute approximate surface area is 181 Å². The third-order valence-electron chi connectivity index (χ3n) is 5.40. The molecule has 2 aromatic heterocycles. The number of hydrogen-bond donors (Lipinski definition) is 2. The Morgan fingerprint density at radius 2 is 2.13 bits per heavy atom. The number of nitrogens with zero attached hydrogens (tertiary/aromatic N) is 5. The maximum atomic E-state index is 13.0. The van der Waals surface area contributed by atoms with Gasteiger partial charge in [0, 0.05) is 50.3 Å². The summed E-state index contributed by atoms with van der Waals surface area (Å²) in [6.07, 6.45) is 6.31. The van der Waals surface area contributed by atoms with Crippen LogP contribution in [0.4, 0.5) is 0 Å². The predicted molar refractivity (Wildman–Crippen MR) is 117 cm³/mol. The van der Waals surface area contributed by atoms with E-state index < -0.39 is 6.04 Å². The molecule has 158 valence electrons. The maximum absolute atomic E-state index is 13.0. The molecule has 0 bridgehead atoms. The SMILES string of the molecule is COc1ccccc1-c1cn2c(n1)C(Cc1cn(C)cn1)N(C(=O)C(N)CS)CC2. The molecule has 3 aromatic rings. The van der Waals surface area contributed by atoms with Crippen LogP contribution in [0.2, 0.25) is 0 Å². The maximum Gasteiger partial charge on any atom is 0.241 e. The van der Waals surface area contributed by atoms with Crippen molar-refractivity contribution in [2.24, 2.45) is 12.8 Å². The fraction of sp³-hybridized carbons (Fsp3) is 0.381. The van der Waals surface area contributed by atoms with E-state index in [0.717, 1.165) is 28.5 Å². The summed E-state index contributed by atoms with van der Waals surface area (Å²) in [4.78, 5) is 24.2. The fourth-order valence-corrected chi connectivity index (χ4v) is 4.05. The van der Waals surface area contributed by atoms with Crippen LogP contribution in [0.15, 0.2) is 43.0 Å². The van der Waals surface area contributed by atoms with Crippen LogP contribution in [0.25, 0.3) is 11.3 Å². The number of aryl methyl sites for hydroxylation is 1. The first-order chi connectivity index (χ1) is 14.5. The van der Waals surface area contributed by atoms with Crippen molar-refractivity contribution in [1.82, 2.24) is 24.0 Å². The lowest BCUT2D eigenvalue weighted by atomic mass is 10.1. The van der Waals surface area contributed by atoms with Gasteiger partial charge in [-0.05, 0) is 12.1 Å². The van der Waals surface area contributed by atoms with Crippen molar-refractivity contribution in [2.45, 2.75) is 25.0 Å². The molecule has 3 heterocycles. The number of para-hydroxylation sites is 1. The smallest absolute Gasteiger partial charge is 0.241 e. The minimum Gasteiger partial charge on any atom is -0.496 e. The van der Waals surface area contributed by atoms with E-state index in [1.165, 1.54) is 0 Å². The van der Waals surface area contributed by atoms with E-state index in [1.54, 1.807) is 13.4 Å². The van der Waals surface area contributed by atoms with Gasteiger partial charge < -0.3 is 24.5 Å². The molecule has 1 aliphatic rings. The fourth-order valence-electron chi connectivity index (χ4n) is 3.90. The molecule has 9 heteroatoms. The van der Waals surface area contributed by atoms with E-state index in [-0.39, 0.29) is 11.9 Å². The summed E-state index contributed by atoms with van der Waals surface area (Å²) in [6.45, 7) is 1.22. The lowest BCUT2D eigenvalue weighted by Crippen LogP contribution is -2.50. The van der Waals surface area contributed by atoms with Crippen LogP contribution in [-0.2, 0) is 24.8 Å². The Balaban J connectivity index is 1.74. The molecule has 1 amide bonds. The molecule has 2 unspecified atom stereocenters. The van der Waals surface area contributed by atoms with Gasteiger partial charge in [-0.15, -0.1) is 0 Å². The number of ether oxygens (including phenoxy) is 1. The van der Waals surface area contributed by atoms with Gasteiger partial charge in [-0.1, -0.05) is 12.1 Å². The summed E-state index contributed by atoms with van der Waals surface area (Å²) in [5.41, 5.74) is 8.67. The van der Waals surface area contributed by atoms with Gasteiger partial charge in [0.1, 0.15) is 11.6 Å². The number of imidazole rings is 2. The molecular formula is C21H26N6O2S. The van der Waals surface area contributed by atoms with Gasteiger partial charge >= 0.3 is 0 Å². The zero-order valence-corrected chi connectivity index (χ0v) is 18.0. The van der Waals surface area contributed by atoms with Crippen molar-refractivity contribution in [2.75, 3.05) is 19.4 Å². The molecule has 2 N–H and O–H groups in total. The number of nitrogens with two attached hydrogens (primary N) is 1. The first-order valence-electron chi connectivity index (χ1n) is 9.86. The molecule has 0 aliphatic carbocycles. The van der Waals surface area contributed by atoms with E-state index in [4.69, 9.17) is 15.5 Å². The molecule has 30 heavy (non-hydrogen) atoms. The predicted octanol–water partition coefficient (Wildman–Crippen LogP) is 1.68. The van der Waals surface area contributed by atoms with Gasteiger partial charge in [-0.2, -0.15) is 12.6 Å². The normalized spacial score (nSPS) is 16.9. The highest BCUT2D eigenvalue weighted by atomic mass is 32.1. The number of rotatable bonds is 6. The lowest BCUT2D eigenvalue weighted by Gasteiger charge is -2.37. The third-order valence-corrected chi connectivity index (χ3v) is 5.80. The quantitative estimate of drug-likeness (QED) is 0.585. The average molecular weight is 427 g/mol. The summed E-state index contributed by atoms with van der Waals surface area (Å²) < 4.78 is 9.53. The summed E-state index contributed by atoms with van der Waals surface area (Å²) >= 11 is 4.21. The summed E-state index contributed by atoms with van der Waals surface area (Å²) in [5.74, 6) is 1.78. The van der Waals surface area contributed by atoms with Crippen LogP contribution in [0.3, 0.4) is 0 Å². The number of methoxy groups -OCH3 is 1. The van der Waals surface area contributed by atoms with Crippen LogP contribution in [0, 0.1) is 0 Å². The number of carbonyl (C=O) groups excluding carboxylic acids is 1. The van der Waals surface area contributed by atoms with Gasteiger partial charge in [0.25, 0.3) is 0 Å². The van der Waals surface area contributed by atoms with E-state index in [2.05, 4.69) is 22.2 Å². The van der Waals surface area contributed by atoms with E-state index >= 15 is 0 Å². The van der Waals surface area contributed by atoms with Crippen molar-refractivity contribution in [3.8, 4) is 17.0 Å². The molecule has 2 atom stereocenters. The lowest BCUT2D eigenvalue weighted by molar-refractivity contribution is -0.135. The van der Waals surface area contributed by atoms with Gasteiger partial charge in [-0.25, -0.2) is 9.97 Å². The number of fused-ring (bicyclic) bond motifs is 1. The monoisotopic (exact) mass is 426 g/mol. The average Bonchev–Trinajstić information content (AvgIpc) is 3.39. The van der Waals surface area contributed by atoms with Gasteiger partial charge in [0.2, 0.25) is 5.91 Å². The number of hydrogen-bond acceptors (Lipinski definition) is 6. The van der Waals surface area contributed by atoms with Crippen molar-refractivity contribution in [3.05, 3.63) is 54.5 Å². The first-order valence-corrected chi connectivity index (χ1v) is 10.5. The second-order valence-electron chi connectivity index (χ2n) is 7.45. The van der Waals surface area contributed by atoms with E-state index in [9.17, 15) is 4.79 Å². The highest BCUT2D eigenvalue weighted by Crippen LogP contribution is 2.34. The number of carbonyl (C=O) groups is 1. The molecule has 0 fully saturated rings. The van der Waals surface area contributed by atoms with Gasteiger partial charge in [0.05, 0.1) is 36.9 Å². The summed E-state index contributed by atoms with van der Waals surface area (Å²) in [6, 6.07) is 6.90. The Bertz CT molecular complexity index is 1050. The number of amides is 1. The van der Waals surface area contributed by atoms with Crippen molar-refractivity contribution >= 4 is 18.5 Å². The molecule has 0 radical (unpaired) electrons. The van der Waals surface area contributed by atoms with Gasteiger partial charge in [0.15, 0.2) is 0 Å². The minimum absolute atomic E-state index is 0.112. The first kappa shape index (κ1) is 20.5. The van der Waals surface area contributed by atoms with Crippen LogP contribution in [-0.4, -0.2) is 55.4 Å². The molecule has 8 nitrogen and oxygen atoms in total. The molecule has 0 saturated heterocycles. The summed E-state index contributed by atoms with van der Waals surface area (Å²) in [5, 5.41) is 0. The highest BCUT2D eigenvalue weighted by molar-refractivity contribution is 7.80. The zero-order valence-electron chi connectivity index (χ0n) is 17.1. The van der Waals surface area contributed by atoms with Crippen molar-refractivity contribution < 1.29 is 9.53 Å². The van der Waals surface area contributed by atoms with Gasteiger partial charge in [-0.3, -0.25) is 4.79 Å². The Kier molecular flexibility index (Phi) is 5.83. The molecule has 0 saturated carbocycles. The molecule has 0 spiro atoms. The Morgan fingerprint density at radius 3 is 2.83 bits per heavy atom. The zero-order chi connectivity index (χ0) is 21.3. The number of aromatic nitrogens is 4. The standard InChI is InChI=1S/C21H26N6O2S/c1-25-10-14(23-13-25)9-18-20-24-17(15-5-3-4-6-19(15)29-2)11-26(20)7-8-27(18)21(28)16(22)12-30/h3-6,10-11,13,16,18,30H,7-9,12,22H2,1-2H3. The molecule has 1 aliphatic heterocycles. The molecular weight excluding hydrogens is 400 g/mol. The topological polar surface area (TPSA) is 91.2 Å². The van der Waals surface area contributed by atoms with Crippen molar-refractivity contribution in [1.29, 1.82) is 0 Å². The number of benzene rings is 1. The van der Waals surface area contributed by atoms with Crippen molar-refractivity contribution in [3.63, 3.8) is 0 Å². The largest absolute Gasteiger partial charge is 0.496 e. The van der Waals surface area contributed by atoms with Crippen LogP contribution >= 0.6 is 12.6 Å². The van der Waals surface area contributed by atoms with Crippen LogP contribution in [0.1, 0.15) is 17.6 Å². The van der Waals surface area contributed by atoms with Crippen LogP contribution < -0.4 is 10.5 Å². The molecule has 4 rings (SSSR count). The van der Waals surface area contributed by atoms with E-state index in [0.29, 0.717) is 25.3 Å². The highest BCUT2D eigenvalue weighted by Gasteiger charge is 2.35. The third kappa shape index (κ3) is 3.82. The van der Waals surface area contributed by atoms with E-state index in [1.807, 2.05) is 53.2 Å². The minimum atomic E-state index is -0.644. The second kappa shape index (κ2) is 8.53. The van der Waals surface area contributed by atoms with Crippen LogP contribution in [0.5, 0.6) is 5.75 Å². The number of thiol groups is 1. The molecule has 1 aromatic carbocycles. The Hall–Kier alpha value is -2.78. The Morgan fingerprint density at radius 1 is 1.33 bits per heavy atom. The second-order valence-corrected chi connectivity index (χ2v) is 7.81. The summed E-state index contributed by atoms with van der Waals surface area (Å²) in [7, 11) is 3.58.